The zero-order valence-electron chi connectivity index (χ0n) is 19.6. The Morgan fingerprint density at radius 3 is 2.62 bits per heavy atom. The molecule has 4 unspecified atom stereocenters. The molecule has 0 aromatic rings. The molecule has 2 fully saturated rings. The van der Waals surface area contributed by atoms with E-state index in [1.165, 1.54) is 18.7 Å². The number of hydrogen-bond donors (Lipinski definition) is 3. The van der Waals surface area contributed by atoms with E-state index in [9.17, 15) is 27.6 Å². The fourth-order valence-corrected chi connectivity index (χ4v) is 5.19. The molecule has 4 amide bonds. The summed E-state index contributed by atoms with van der Waals surface area (Å²) in [5.41, 5.74) is 3.77. The van der Waals surface area contributed by atoms with Crippen molar-refractivity contribution in [2.45, 2.75) is 88.1 Å². The lowest BCUT2D eigenvalue weighted by atomic mass is 10.1. The van der Waals surface area contributed by atoms with E-state index in [0.717, 1.165) is 19.3 Å². The molecular formula is C22H34N4O7S. The van der Waals surface area contributed by atoms with Gasteiger partial charge in [0.15, 0.2) is 6.10 Å². The van der Waals surface area contributed by atoms with Crippen molar-refractivity contribution in [1.82, 2.24) is 14.9 Å². The van der Waals surface area contributed by atoms with Gasteiger partial charge in [-0.05, 0) is 58.8 Å². The molecule has 4 atom stereocenters. The number of allylic oxidation sites excluding steroid dienone is 1. The molecular weight excluding hydrogens is 464 g/mol. The molecule has 1 aliphatic carbocycles. The Bertz CT molecular complexity index is 964. The minimum Gasteiger partial charge on any atom is -0.436 e. The summed E-state index contributed by atoms with van der Waals surface area (Å²) in [6, 6.07) is -0.854. The van der Waals surface area contributed by atoms with Crippen LogP contribution in [0, 0.1) is 5.92 Å². The number of nitrogens with two attached hydrogens (primary N) is 1. The summed E-state index contributed by atoms with van der Waals surface area (Å²) in [6.45, 7) is 3.22. The number of nitrogens with one attached hydrogen (secondary N) is 2. The van der Waals surface area contributed by atoms with Gasteiger partial charge in [-0.1, -0.05) is 18.6 Å². The van der Waals surface area contributed by atoms with E-state index < -0.39 is 56.8 Å². The minimum atomic E-state index is -3.89. The number of rotatable bonds is 4. The van der Waals surface area contributed by atoms with Crippen LogP contribution < -0.4 is 15.8 Å². The number of hydrogen-bond acceptors (Lipinski definition) is 7. The second-order valence-corrected chi connectivity index (χ2v) is 11.7. The number of carbonyl (C=O) groups is 4. The summed E-state index contributed by atoms with van der Waals surface area (Å²) in [5.74, 6) is -2.15. The van der Waals surface area contributed by atoms with Crippen LogP contribution in [-0.2, 0) is 29.1 Å². The minimum absolute atomic E-state index is 0.267. The van der Waals surface area contributed by atoms with Gasteiger partial charge in [-0.25, -0.2) is 13.2 Å². The molecule has 0 aromatic heterocycles. The Kier molecular flexibility index (Phi) is 7.89. The summed E-state index contributed by atoms with van der Waals surface area (Å²) < 4.78 is 31.8. The average molecular weight is 499 g/mol. The van der Waals surface area contributed by atoms with Crippen molar-refractivity contribution in [1.29, 1.82) is 0 Å². The van der Waals surface area contributed by atoms with Crippen molar-refractivity contribution >= 4 is 33.8 Å². The van der Waals surface area contributed by atoms with Gasteiger partial charge >= 0.3 is 6.09 Å². The van der Waals surface area contributed by atoms with Crippen LogP contribution >= 0.6 is 0 Å². The number of fused-ring (bicyclic) bond motifs is 2. The molecule has 0 bridgehead atoms. The normalized spacial score (nSPS) is 31.4. The maximum atomic E-state index is 13.3. The molecule has 11 nitrogen and oxygen atoms in total. The monoisotopic (exact) mass is 498 g/mol. The second kappa shape index (κ2) is 10.3. The van der Waals surface area contributed by atoms with Crippen molar-refractivity contribution in [3.8, 4) is 0 Å². The largest absolute Gasteiger partial charge is 0.436 e. The van der Waals surface area contributed by atoms with Gasteiger partial charge in [0.1, 0.15) is 11.6 Å². The summed E-state index contributed by atoms with van der Waals surface area (Å²) in [6.07, 6.45) is 6.13. The third-order valence-electron chi connectivity index (χ3n) is 6.70. The van der Waals surface area contributed by atoms with Gasteiger partial charge in [-0.15, -0.1) is 0 Å². The Hall–Kier alpha value is -2.63. The van der Waals surface area contributed by atoms with Crippen molar-refractivity contribution < 1.29 is 32.3 Å². The van der Waals surface area contributed by atoms with Gasteiger partial charge < -0.3 is 20.7 Å². The Labute approximate surface area is 199 Å². The van der Waals surface area contributed by atoms with Gasteiger partial charge in [0.2, 0.25) is 15.9 Å². The molecule has 190 valence electrons. The molecule has 0 radical (unpaired) electrons. The fourth-order valence-electron chi connectivity index (χ4n) is 4.51. The Morgan fingerprint density at radius 2 is 1.94 bits per heavy atom. The predicted octanol–water partition coefficient (Wildman–Crippen LogP) is 0.691. The smallest absolute Gasteiger partial charge is 0.405 e. The molecule has 12 heteroatoms. The van der Waals surface area contributed by atoms with E-state index in [4.69, 9.17) is 10.5 Å². The van der Waals surface area contributed by atoms with E-state index >= 15 is 0 Å². The zero-order valence-corrected chi connectivity index (χ0v) is 20.4. The number of nitrogens with zero attached hydrogens (tertiary/aromatic N) is 1. The van der Waals surface area contributed by atoms with Crippen LogP contribution in [0.15, 0.2) is 12.2 Å². The third-order valence-corrected chi connectivity index (χ3v) is 8.41. The average Bonchev–Trinajstić information content (AvgIpc) is 3.21. The lowest BCUT2D eigenvalue weighted by Crippen LogP contribution is -2.57. The van der Waals surface area contributed by atoms with Crippen LogP contribution in [0.5, 0.6) is 0 Å². The predicted molar refractivity (Wildman–Crippen MR) is 123 cm³/mol. The van der Waals surface area contributed by atoms with Gasteiger partial charge in [0.05, 0.1) is 5.25 Å². The number of sulfonamides is 1. The maximum Gasteiger partial charge on any atom is 0.405 e. The molecule has 0 aromatic carbocycles. The highest BCUT2D eigenvalue weighted by Crippen LogP contribution is 2.45. The fraction of sp³-hybridized carbons (Fsp3) is 0.727. The number of primary amides is 1. The number of ether oxygens (including phenoxy) is 1. The van der Waals surface area contributed by atoms with Crippen LogP contribution in [0.2, 0.25) is 0 Å². The van der Waals surface area contributed by atoms with Crippen LogP contribution in [0.25, 0.3) is 0 Å². The summed E-state index contributed by atoms with van der Waals surface area (Å²) >= 11 is 0. The lowest BCUT2D eigenvalue weighted by Gasteiger charge is -2.29. The third kappa shape index (κ3) is 5.70. The maximum absolute atomic E-state index is 13.3. The standard InChI is InChI=1S/C22H34N4O7S/c1-14(2)34(31,32)25-20(29)22-13-15(22)9-6-4-3-5-7-11-17(33-21(23)30)19(28)26-12-8-10-16(26)18(27)24-22/h6,9,14-17H,3-5,7-8,10-13H2,1-2H3,(H2,23,30)(H,24,27)(H,25,29)/b9-6+. The molecule has 1 saturated heterocycles. The Morgan fingerprint density at radius 1 is 1.21 bits per heavy atom. The van der Waals surface area contributed by atoms with E-state index in [2.05, 4.69) is 10.0 Å². The molecule has 0 spiro atoms. The second-order valence-electron chi connectivity index (χ2n) is 9.48. The van der Waals surface area contributed by atoms with Crippen LogP contribution in [0.1, 0.15) is 65.2 Å². The van der Waals surface area contributed by atoms with Crippen molar-refractivity contribution in [2.75, 3.05) is 6.54 Å². The summed E-state index contributed by atoms with van der Waals surface area (Å²) in [4.78, 5) is 52.2. The van der Waals surface area contributed by atoms with Gasteiger partial charge in [-0.2, -0.15) is 0 Å². The van der Waals surface area contributed by atoms with Crippen LogP contribution in [-0.4, -0.2) is 66.6 Å². The first-order valence-corrected chi connectivity index (χ1v) is 13.3. The topological polar surface area (TPSA) is 165 Å². The van der Waals surface area contributed by atoms with Crippen LogP contribution in [0.4, 0.5) is 4.79 Å². The lowest BCUT2D eigenvalue weighted by molar-refractivity contribution is -0.146. The van der Waals surface area contributed by atoms with Crippen LogP contribution in [0.3, 0.4) is 0 Å². The highest BCUT2D eigenvalue weighted by Gasteiger charge is 2.61. The number of amides is 4. The van der Waals surface area contributed by atoms with Gasteiger partial charge in [0, 0.05) is 12.5 Å². The highest BCUT2D eigenvalue weighted by atomic mass is 32.2. The molecule has 2 aliphatic heterocycles. The molecule has 3 rings (SSSR count). The van der Waals surface area contributed by atoms with Crippen molar-refractivity contribution in [3.63, 3.8) is 0 Å². The molecule has 3 aliphatic rings. The highest BCUT2D eigenvalue weighted by molar-refractivity contribution is 7.90. The van der Waals surface area contributed by atoms with Gasteiger partial charge in [-0.3, -0.25) is 19.1 Å². The number of carbonyl (C=O) groups excluding carboxylic acids is 4. The Balaban J connectivity index is 1.87. The first-order valence-electron chi connectivity index (χ1n) is 11.8. The SMILES string of the molecule is CC(C)S(=O)(=O)NC(=O)C12CC1/C=C/CCCCCC(OC(N)=O)C(=O)N1CCCC1C(=O)N2. The van der Waals surface area contributed by atoms with E-state index in [-0.39, 0.29) is 12.3 Å². The van der Waals surface area contributed by atoms with E-state index in [1.807, 2.05) is 12.2 Å². The molecule has 4 N–H and O–H groups in total. The quantitative estimate of drug-likeness (QED) is 0.480. The molecule has 34 heavy (non-hydrogen) atoms. The zero-order chi connectivity index (χ0) is 25.1. The van der Waals surface area contributed by atoms with E-state index in [0.29, 0.717) is 32.2 Å². The van der Waals surface area contributed by atoms with Crippen molar-refractivity contribution in [3.05, 3.63) is 12.2 Å². The molecule has 1 saturated carbocycles. The van der Waals surface area contributed by atoms with Crippen molar-refractivity contribution in [2.24, 2.45) is 11.7 Å². The summed E-state index contributed by atoms with van der Waals surface area (Å²) in [5, 5.41) is 1.94. The van der Waals surface area contributed by atoms with Gasteiger partial charge in [0.25, 0.3) is 11.8 Å². The molecule has 2 heterocycles. The first-order chi connectivity index (χ1) is 16.0. The summed E-state index contributed by atoms with van der Waals surface area (Å²) in [7, 11) is -3.89. The first kappa shape index (κ1) is 26.0. The van der Waals surface area contributed by atoms with E-state index in [1.54, 1.807) is 0 Å².